The Hall–Kier alpha value is -2.02. The zero-order chi connectivity index (χ0) is 21.8. The summed E-state index contributed by atoms with van der Waals surface area (Å²) in [6, 6.07) is 8.38. The number of nitrogens with zero attached hydrogens (tertiary/aromatic N) is 6. The molecule has 4 rings (SSSR count). The molecule has 2 fully saturated rings. The highest BCUT2D eigenvalue weighted by atomic mass is 32.2. The van der Waals surface area contributed by atoms with Gasteiger partial charge < -0.3 is 9.64 Å². The summed E-state index contributed by atoms with van der Waals surface area (Å²) in [5.41, 5.74) is 0. The predicted octanol–water partition coefficient (Wildman–Crippen LogP) is 0.866. The van der Waals surface area contributed by atoms with Crippen molar-refractivity contribution in [2.75, 3.05) is 32.8 Å². The Labute approximate surface area is 186 Å². The van der Waals surface area contributed by atoms with Gasteiger partial charge in [0.2, 0.25) is 21.1 Å². The van der Waals surface area contributed by atoms with Gasteiger partial charge in [-0.1, -0.05) is 30.0 Å². The minimum Gasteiger partial charge on any atom is -0.376 e. The third kappa shape index (κ3) is 5.08. The van der Waals surface area contributed by atoms with E-state index in [-0.39, 0.29) is 35.2 Å². The number of thioether (sulfide) groups is 1. The number of hydrogen-bond donors (Lipinski definition) is 0. The van der Waals surface area contributed by atoms with Crippen LogP contribution in [0.5, 0.6) is 0 Å². The minimum atomic E-state index is -3.54. The third-order valence-corrected chi connectivity index (χ3v) is 8.43. The zero-order valence-electron chi connectivity index (χ0n) is 17.3. The third-order valence-electron chi connectivity index (χ3n) is 5.46. The van der Waals surface area contributed by atoms with Crippen LogP contribution < -0.4 is 0 Å². The molecule has 2 aromatic rings. The van der Waals surface area contributed by atoms with Crippen LogP contribution in [0.1, 0.15) is 19.8 Å². The molecular formula is C19H26N6O4S2. The van der Waals surface area contributed by atoms with Crippen LogP contribution in [0, 0.1) is 0 Å². The lowest BCUT2D eigenvalue weighted by molar-refractivity contribution is -0.131. The molecule has 0 bridgehead atoms. The van der Waals surface area contributed by atoms with Crippen molar-refractivity contribution >= 4 is 27.7 Å². The molecule has 1 aromatic heterocycles. The monoisotopic (exact) mass is 466 g/mol. The lowest BCUT2D eigenvalue weighted by Gasteiger charge is -2.35. The Bertz CT molecular complexity index is 986. The molecule has 2 aliphatic heterocycles. The van der Waals surface area contributed by atoms with Gasteiger partial charge in [-0.2, -0.15) is 4.31 Å². The topological polar surface area (TPSA) is 111 Å². The molecule has 0 saturated carbocycles. The highest BCUT2D eigenvalue weighted by Gasteiger charge is 2.32. The number of rotatable bonds is 7. The molecule has 0 N–H and O–H groups in total. The number of benzene rings is 1. The summed E-state index contributed by atoms with van der Waals surface area (Å²) in [4.78, 5) is 14.9. The average molecular weight is 467 g/mol. The molecule has 10 nitrogen and oxygen atoms in total. The van der Waals surface area contributed by atoms with E-state index in [2.05, 4.69) is 15.5 Å². The summed E-state index contributed by atoms with van der Waals surface area (Å²) in [7, 11) is -3.54. The molecule has 0 aliphatic carbocycles. The van der Waals surface area contributed by atoms with E-state index in [1.165, 1.54) is 16.1 Å². The van der Waals surface area contributed by atoms with Crippen molar-refractivity contribution < 1.29 is 17.9 Å². The number of piperazine rings is 1. The van der Waals surface area contributed by atoms with Crippen molar-refractivity contribution in [2.24, 2.45) is 0 Å². The fourth-order valence-corrected chi connectivity index (χ4v) is 6.06. The second-order valence-electron chi connectivity index (χ2n) is 7.58. The number of sulfonamides is 1. The Kier molecular flexibility index (Phi) is 6.89. The Balaban J connectivity index is 1.32. The molecule has 1 aromatic carbocycles. The van der Waals surface area contributed by atoms with Gasteiger partial charge in [0.1, 0.15) is 0 Å². The van der Waals surface area contributed by atoms with Crippen LogP contribution in [0.3, 0.4) is 0 Å². The lowest BCUT2D eigenvalue weighted by Crippen LogP contribution is -2.52. The zero-order valence-corrected chi connectivity index (χ0v) is 19.0. The minimum absolute atomic E-state index is 0.0478. The fourth-order valence-electron chi connectivity index (χ4n) is 3.73. The van der Waals surface area contributed by atoms with E-state index in [4.69, 9.17) is 4.74 Å². The molecule has 0 unspecified atom stereocenters. The lowest BCUT2D eigenvalue weighted by atomic mass is 10.2. The van der Waals surface area contributed by atoms with Gasteiger partial charge >= 0.3 is 0 Å². The second kappa shape index (κ2) is 9.63. The number of ether oxygens (including phenoxy) is 1. The smallest absolute Gasteiger partial charge is 0.243 e. The molecule has 2 aliphatic rings. The standard InChI is InChI=1S/C19H26N6O4S2/c1-15(30-19-20-21-22-25(19)14-16-6-5-13-29-16)18(26)23-9-11-24(12-10-23)31(27,28)17-7-3-2-4-8-17/h2-4,7-8,15-16H,5-6,9-14H2,1H3/t15-,16-/m0/s1. The molecule has 0 radical (unpaired) electrons. The van der Waals surface area contributed by atoms with Gasteiger partial charge in [-0.15, -0.1) is 5.10 Å². The van der Waals surface area contributed by atoms with E-state index >= 15 is 0 Å². The summed E-state index contributed by atoms with van der Waals surface area (Å²) in [6.45, 7) is 4.43. The van der Waals surface area contributed by atoms with Gasteiger partial charge in [-0.25, -0.2) is 13.1 Å². The molecule has 0 spiro atoms. The molecular weight excluding hydrogens is 440 g/mol. The highest BCUT2D eigenvalue weighted by molar-refractivity contribution is 8.00. The van der Waals surface area contributed by atoms with Crippen LogP contribution >= 0.6 is 11.8 Å². The Morgan fingerprint density at radius 2 is 1.97 bits per heavy atom. The van der Waals surface area contributed by atoms with Crippen molar-refractivity contribution in [3.8, 4) is 0 Å². The van der Waals surface area contributed by atoms with Gasteiger partial charge in [-0.3, -0.25) is 4.79 Å². The van der Waals surface area contributed by atoms with Crippen LogP contribution in [-0.2, 0) is 26.1 Å². The molecule has 2 atom stereocenters. The summed E-state index contributed by atoms with van der Waals surface area (Å²) in [5, 5.41) is 12.0. The van der Waals surface area contributed by atoms with Crippen molar-refractivity contribution in [3.63, 3.8) is 0 Å². The van der Waals surface area contributed by atoms with Gasteiger partial charge in [0.05, 0.1) is 22.8 Å². The van der Waals surface area contributed by atoms with E-state index in [1.54, 1.807) is 39.9 Å². The van der Waals surface area contributed by atoms with E-state index in [0.717, 1.165) is 19.4 Å². The predicted molar refractivity (Wildman–Crippen MR) is 114 cm³/mol. The van der Waals surface area contributed by atoms with E-state index < -0.39 is 10.0 Å². The number of carbonyl (C=O) groups is 1. The quantitative estimate of drug-likeness (QED) is 0.553. The largest absolute Gasteiger partial charge is 0.376 e. The van der Waals surface area contributed by atoms with E-state index in [9.17, 15) is 13.2 Å². The highest BCUT2D eigenvalue weighted by Crippen LogP contribution is 2.25. The van der Waals surface area contributed by atoms with Gasteiger partial charge in [0.15, 0.2) is 0 Å². The van der Waals surface area contributed by atoms with Gasteiger partial charge in [-0.05, 0) is 42.3 Å². The summed E-state index contributed by atoms with van der Waals surface area (Å²) >= 11 is 1.31. The molecule has 168 valence electrons. The summed E-state index contributed by atoms with van der Waals surface area (Å²) in [6.07, 6.45) is 2.12. The molecule has 1 amide bonds. The summed E-state index contributed by atoms with van der Waals surface area (Å²) in [5.74, 6) is -0.0478. The van der Waals surface area contributed by atoms with Crippen LogP contribution in [-0.4, -0.2) is 87.9 Å². The van der Waals surface area contributed by atoms with Crippen molar-refractivity contribution in [1.29, 1.82) is 0 Å². The maximum Gasteiger partial charge on any atom is 0.243 e. The first-order valence-corrected chi connectivity index (χ1v) is 12.7. The number of aromatic nitrogens is 4. The number of carbonyl (C=O) groups excluding carboxylic acids is 1. The second-order valence-corrected chi connectivity index (χ2v) is 10.8. The van der Waals surface area contributed by atoms with E-state index in [1.807, 2.05) is 6.92 Å². The van der Waals surface area contributed by atoms with Crippen LogP contribution in [0.2, 0.25) is 0 Å². The normalized spacial score (nSPS) is 21.3. The van der Waals surface area contributed by atoms with Gasteiger partial charge in [0.25, 0.3) is 0 Å². The first-order valence-electron chi connectivity index (χ1n) is 10.3. The summed E-state index contributed by atoms with van der Waals surface area (Å²) < 4.78 is 34.3. The van der Waals surface area contributed by atoms with Crippen LogP contribution in [0.4, 0.5) is 0 Å². The fraction of sp³-hybridized carbons (Fsp3) is 0.579. The first kappa shape index (κ1) is 22.2. The molecule has 12 heteroatoms. The first-order chi connectivity index (χ1) is 14.9. The average Bonchev–Trinajstić information content (AvgIpc) is 3.46. The SMILES string of the molecule is C[C@H](Sc1nnnn1C[C@@H]1CCCO1)C(=O)N1CCN(S(=O)(=O)c2ccccc2)CC1. The van der Waals surface area contributed by atoms with Crippen LogP contribution in [0.25, 0.3) is 0 Å². The van der Waals surface area contributed by atoms with Crippen molar-refractivity contribution in [1.82, 2.24) is 29.4 Å². The van der Waals surface area contributed by atoms with Gasteiger partial charge in [0, 0.05) is 32.8 Å². The maximum absolute atomic E-state index is 12.9. The number of amides is 1. The number of hydrogen-bond acceptors (Lipinski definition) is 8. The van der Waals surface area contributed by atoms with Crippen LogP contribution in [0.15, 0.2) is 40.4 Å². The maximum atomic E-state index is 12.9. The van der Waals surface area contributed by atoms with Crippen molar-refractivity contribution in [2.45, 2.75) is 47.7 Å². The Morgan fingerprint density at radius 1 is 1.23 bits per heavy atom. The Morgan fingerprint density at radius 3 is 2.65 bits per heavy atom. The van der Waals surface area contributed by atoms with Crippen molar-refractivity contribution in [3.05, 3.63) is 30.3 Å². The molecule has 3 heterocycles. The van der Waals surface area contributed by atoms with E-state index in [0.29, 0.717) is 24.8 Å². The number of tetrazole rings is 1. The molecule has 31 heavy (non-hydrogen) atoms. The molecule has 2 saturated heterocycles.